The molecule has 0 aliphatic heterocycles. The highest BCUT2D eigenvalue weighted by Crippen LogP contribution is 2.16. The zero-order valence-electron chi connectivity index (χ0n) is 9.19. The molecule has 82 valence electrons. The Balaban J connectivity index is 2.47. The number of methoxy groups -OCH3 is 1. The van der Waals surface area contributed by atoms with E-state index in [1.807, 2.05) is 0 Å². The lowest BCUT2D eigenvalue weighted by molar-refractivity contribution is -0.130. The van der Waals surface area contributed by atoms with E-state index in [-0.39, 0.29) is 12.5 Å². The Hall–Kier alpha value is -1.71. The van der Waals surface area contributed by atoms with Gasteiger partial charge in [0.1, 0.15) is 11.5 Å². The van der Waals surface area contributed by atoms with Crippen molar-refractivity contribution in [3.8, 4) is 11.5 Å². The predicted molar refractivity (Wildman–Crippen MR) is 57.2 cm³/mol. The molecule has 0 unspecified atom stereocenters. The molecule has 0 heterocycles. The van der Waals surface area contributed by atoms with E-state index in [0.29, 0.717) is 5.75 Å². The second-order valence-corrected chi connectivity index (χ2v) is 3.25. The van der Waals surface area contributed by atoms with Crippen LogP contribution in [0, 0.1) is 0 Å². The van der Waals surface area contributed by atoms with E-state index in [1.165, 1.54) is 4.90 Å². The van der Waals surface area contributed by atoms with E-state index >= 15 is 0 Å². The Kier molecular flexibility index (Phi) is 3.97. The van der Waals surface area contributed by atoms with Crippen molar-refractivity contribution in [2.24, 2.45) is 0 Å². The van der Waals surface area contributed by atoms with Gasteiger partial charge in [-0.2, -0.15) is 0 Å². The van der Waals surface area contributed by atoms with Gasteiger partial charge >= 0.3 is 0 Å². The zero-order chi connectivity index (χ0) is 11.3. The van der Waals surface area contributed by atoms with Crippen LogP contribution in [0.25, 0.3) is 0 Å². The third kappa shape index (κ3) is 3.50. The summed E-state index contributed by atoms with van der Waals surface area (Å²) in [5.74, 6) is 1.36. The molecule has 1 amide bonds. The minimum absolute atomic E-state index is 0.0549. The number of amides is 1. The average molecular weight is 209 g/mol. The monoisotopic (exact) mass is 209 g/mol. The molecule has 0 N–H and O–H groups in total. The van der Waals surface area contributed by atoms with Gasteiger partial charge in [0.2, 0.25) is 0 Å². The summed E-state index contributed by atoms with van der Waals surface area (Å²) in [5, 5.41) is 0. The van der Waals surface area contributed by atoms with Gasteiger partial charge in [0.05, 0.1) is 7.11 Å². The molecule has 0 aliphatic carbocycles. The highest BCUT2D eigenvalue weighted by Gasteiger charge is 2.04. The maximum absolute atomic E-state index is 11.2. The fraction of sp³-hybridized carbons (Fsp3) is 0.364. The van der Waals surface area contributed by atoms with Crippen molar-refractivity contribution in [1.82, 2.24) is 4.90 Å². The molecule has 1 aromatic rings. The molecular formula is C11H15NO3. The Morgan fingerprint density at radius 1 is 1.20 bits per heavy atom. The molecular weight excluding hydrogens is 194 g/mol. The summed E-state index contributed by atoms with van der Waals surface area (Å²) in [7, 11) is 4.99. The highest BCUT2D eigenvalue weighted by molar-refractivity contribution is 5.77. The first-order valence-electron chi connectivity index (χ1n) is 4.60. The van der Waals surface area contributed by atoms with Crippen LogP contribution in [0.5, 0.6) is 11.5 Å². The van der Waals surface area contributed by atoms with Crippen LogP contribution in [0.3, 0.4) is 0 Å². The molecule has 0 bridgehead atoms. The van der Waals surface area contributed by atoms with Crippen LogP contribution in [-0.2, 0) is 4.79 Å². The van der Waals surface area contributed by atoms with Gasteiger partial charge < -0.3 is 14.4 Å². The van der Waals surface area contributed by atoms with Crippen LogP contribution in [-0.4, -0.2) is 38.6 Å². The normalized spacial score (nSPS) is 9.53. The van der Waals surface area contributed by atoms with Crippen molar-refractivity contribution in [3.63, 3.8) is 0 Å². The number of hydrogen-bond donors (Lipinski definition) is 0. The van der Waals surface area contributed by atoms with Crippen LogP contribution in [0.1, 0.15) is 0 Å². The molecule has 0 saturated carbocycles. The second kappa shape index (κ2) is 5.24. The van der Waals surface area contributed by atoms with Crippen LogP contribution in [0.4, 0.5) is 0 Å². The molecule has 0 fully saturated rings. The van der Waals surface area contributed by atoms with E-state index in [1.54, 1.807) is 45.5 Å². The van der Waals surface area contributed by atoms with Crippen molar-refractivity contribution >= 4 is 5.91 Å². The van der Waals surface area contributed by atoms with E-state index in [0.717, 1.165) is 5.75 Å². The molecule has 4 nitrogen and oxygen atoms in total. The van der Waals surface area contributed by atoms with Crippen molar-refractivity contribution in [3.05, 3.63) is 24.3 Å². The Labute approximate surface area is 89.4 Å². The summed E-state index contributed by atoms with van der Waals surface area (Å²) in [5.41, 5.74) is 0. The summed E-state index contributed by atoms with van der Waals surface area (Å²) in [6, 6.07) is 7.11. The predicted octanol–water partition coefficient (Wildman–Crippen LogP) is 1.16. The highest BCUT2D eigenvalue weighted by atomic mass is 16.5. The number of likely N-dealkylation sites (N-methyl/N-ethyl adjacent to an activating group) is 1. The largest absolute Gasteiger partial charge is 0.497 e. The lowest BCUT2D eigenvalue weighted by atomic mass is 10.3. The molecule has 0 radical (unpaired) electrons. The smallest absolute Gasteiger partial charge is 0.259 e. The molecule has 1 aromatic carbocycles. The topological polar surface area (TPSA) is 38.8 Å². The molecule has 4 heteroatoms. The van der Waals surface area contributed by atoms with Crippen LogP contribution >= 0.6 is 0 Å². The number of hydrogen-bond acceptors (Lipinski definition) is 3. The average Bonchev–Trinajstić information content (AvgIpc) is 2.26. The summed E-state index contributed by atoms with van der Waals surface area (Å²) in [4.78, 5) is 12.7. The SMILES string of the molecule is COc1ccc(OCC(=O)N(C)C)cc1. The molecule has 0 saturated heterocycles. The summed E-state index contributed by atoms with van der Waals surface area (Å²) in [6.45, 7) is 0.0549. The van der Waals surface area contributed by atoms with Crippen molar-refractivity contribution in [1.29, 1.82) is 0 Å². The molecule has 1 rings (SSSR count). The molecule has 15 heavy (non-hydrogen) atoms. The minimum Gasteiger partial charge on any atom is -0.497 e. The Morgan fingerprint density at radius 3 is 2.20 bits per heavy atom. The van der Waals surface area contributed by atoms with Crippen LogP contribution < -0.4 is 9.47 Å². The van der Waals surface area contributed by atoms with E-state index in [9.17, 15) is 4.79 Å². The number of carbonyl (C=O) groups is 1. The van der Waals surface area contributed by atoms with Gasteiger partial charge in [0.25, 0.3) is 5.91 Å². The van der Waals surface area contributed by atoms with E-state index < -0.39 is 0 Å². The zero-order valence-corrected chi connectivity index (χ0v) is 9.19. The second-order valence-electron chi connectivity index (χ2n) is 3.25. The van der Waals surface area contributed by atoms with Gasteiger partial charge in [0.15, 0.2) is 6.61 Å². The third-order valence-corrected chi connectivity index (χ3v) is 1.92. The first-order chi connectivity index (χ1) is 7.13. The van der Waals surface area contributed by atoms with Gasteiger partial charge in [-0.1, -0.05) is 0 Å². The van der Waals surface area contributed by atoms with Gasteiger partial charge in [-0.25, -0.2) is 0 Å². The van der Waals surface area contributed by atoms with E-state index in [4.69, 9.17) is 9.47 Å². The van der Waals surface area contributed by atoms with Gasteiger partial charge in [0, 0.05) is 14.1 Å². The quantitative estimate of drug-likeness (QED) is 0.747. The number of nitrogens with zero attached hydrogens (tertiary/aromatic N) is 1. The Bertz CT molecular complexity index is 319. The van der Waals surface area contributed by atoms with Crippen molar-refractivity contribution in [2.45, 2.75) is 0 Å². The third-order valence-electron chi connectivity index (χ3n) is 1.92. The molecule has 0 atom stereocenters. The number of benzene rings is 1. The standard InChI is InChI=1S/C11H15NO3/c1-12(2)11(13)8-15-10-6-4-9(14-3)5-7-10/h4-7H,8H2,1-3H3. The maximum Gasteiger partial charge on any atom is 0.259 e. The fourth-order valence-electron chi connectivity index (χ4n) is 0.946. The summed E-state index contributed by atoms with van der Waals surface area (Å²) in [6.07, 6.45) is 0. The number of carbonyl (C=O) groups excluding carboxylic acids is 1. The molecule has 0 aromatic heterocycles. The lowest BCUT2D eigenvalue weighted by Crippen LogP contribution is -2.27. The van der Waals surface area contributed by atoms with Gasteiger partial charge in [-0.15, -0.1) is 0 Å². The first kappa shape index (κ1) is 11.4. The minimum atomic E-state index is -0.0641. The van der Waals surface area contributed by atoms with Crippen LogP contribution in [0.2, 0.25) is 0 Å². The number of ether oxygens (including phenoxy) is 2. The first-order valence-corrected chi connectivity index (χ1v) is 4.60. The van der Waals surface area contributed by atoms with Crippen LogP contribution in [0.15, 0.2) is 24.3 Å². The Morgan fingerprint density at radius 2 is 1.73 bits per heavy atom. The summed E-state index contributed by atoms with van der Waals surface area (Å²) < 4.78 is 10.3. The summed E-state index contributed by atoms with van der Waals surface area (Å²) >= 11 is 0. The van der Waals surface area contributed by atoms with Crippen molar-refractivity contribution in [2.75, 3.05) is 27.8 Å². The van der Waals surface area contributed by atoms with E-state index in [2.05, 4.69) is 0 Å². The fourth-order valence-corrected chi connectivity index (χ4v) is 0.946. The number of rotatable bonds is 4. The molecule has 0 spiro atoms. The van der Waals surface area contributed by atoms with Gasteiger partial charge in [-0.3, -0.25) is 4.79 Å². The molecule has 0 aliphatic rings. The maximum atomic E-state index is 11.2. The lowest BCUT2D eigenvalue weighted by Gasteiger charge is -2.11. The van der Waals surface area contributed by atoms with Crippen molar-refractivity contribution < 1.29 is 14.3 Å². The van der Waals surface area contributed by atoms with Gasteiger partial charge in [-0.05, 0) is 24.3 Å².